The van der Waals surface area contributed by atoms with Crippen molar-refractivity contribution < 1.29 is 23.8 Å². The van der Waals surface area contributed by atoms with Crippen LogP contribution in [0.3, 0.4) is 0 Å². The fourth-order valence-electron chi connectivity index (χ4n) is 3.16. The van der Waals surface area contributed by atoms with E-state index in [4.69, 9.17) is 9.47 Å². The molecule has 1 fully saturated rings. The Morgan fingerprint density at radius 1 is 1.12 bits per heavy atom. The number of hydrogen-bond acceptors (Lipinski definition) is 5. The average Bonchev–Trinajstić information content (AvgIpc) is 2.58. The van der Waals surface area contributed by atoms with Crippen molar-refractivity contribution in [1.82, 2.24) is 4.90 Å². The van der Waals surface area contributed by atoms with E-state index in [1.165, 1.54) is 20.3 Å². The van der Waals surface area contributed by atoms with Gasteiger partial charge in [-0.3, -0.25) is 4.79 Å². The number of piperidine rings is 1. The minimum absolute atomic E-state index is 0.0335. The summed E-state index contributed by atoms with van der Waals surface area (Å²) in [5, 5.41) is 0. The monoisotopic (exact) mass is 335 g/mol. The Bertz CT molecular complexity index is 591. The van der Waals surface area contributed by atoms with Crippen molar-refractivity contribution in [3.8, 4) is 11.5 Å². The van der Waals surface area contributed by atoms with Gasteiger partial charge in [-0.05, 0) is 51.3 Å². The van der Waals surface area contributed by atoms with Gasteiger partial charge in [0.2, 0.25) is 0 Å². The number of ether oxygens (including phenoxy) is 3. The molecule has 2 rings (SSSR count). The second-order valence-electron chi connectivity index (χ2n) is 6.08. The van der Waals surface area contributed by atoms with E-state index in [-0.39, 0.29) is 24.6 Å². The van der Waals surface area contributed by atoms with Crippen LogP contribution in [0.4, 0.5) is 0 Å². The highest BCUT2D eigenvalue weighted by Crippen LogP contribution is 2.29. The van der Waals surface area contributed by atoms with E-state index in [2.05, 4.69) is 18.6 Å². The zero-order valence-corrected chi connectivity index (χ0v) is 14.7. The third kappa shape index (κ3) is 3.99. The zero-order valence-electron chi connectivity index (χ0n) is 14.7. The molecule has 0 radical (unpaired) electrons. The molecule has 0 spiro atoms. The molecule has 24 heavy (non-hydrogen) atoms. The first-order chi connectivity index (χ1) is 11.5. The number of nitrogens with zero attached hydrogens (tertiary/aromatic N) is 1. The van der Waals surface area contributed by atoms with Gasteiger partial charge in [0.25, 0.3) is 5.91 Å². The Hall–Kier alpha value is -2.24. The van der Waals surface area contributed by atoms with Crippen molar-refractivity contribution in [2.45, 2.75) is 45.2 Å². The molecular weight excluding hydrogens is 310 g/mol. The van der Waals surface area contributed by atoms with Crippen molar-refractivity contribution >= 4 is 11.9 Å². The van der Waals surface area contributed by atoms with Gasteiger partial charge in [-0.25, -0.2) is 4.79 Å². The third-order valence-corrected chi connectivity index (χ3v) is 4.42. The van der Waals surface area contributed by atoms with Crippen LogP contribution >= 0.6 is 0 Å². The molecule has 1 aliphatic heterocycles. The van der Waals surface area contributed by atoms with Gasteiger partial charge >= 0.3 is 5.97 Å². The first kappa shape index (κ1) is 18.1. The van der Waals surface area contributed by atoms with E-state index in [0.29, 0.717) is 17.1 Å². The highest BCUT2D eigenvalue weighted by molar-refractivity contribution is 5.90. The minimum Gasteiger partial charge on any atom is -0.493 e. The molecule has 6 nitrogen and oxygen atoms in total. The zero-order chi connectivity index (χ0) is 17.7. The molecule has 1 aromatic rings. The maximum Gasteiger partial charge on any atom is 0.337 e. The largest absolute Gasteiger partial charge is 0.493 e. The molecule has 0 bridgehead atoms. The molecule has 1 amide bonds. The third-order valence-electron chi connectivity index (χ3n) is 4.42. The van der Waals surface area contributed by atoms with Crippen LogP contribution in [0.5, 0.6) is 11.5 Å². The topological polar surface area (TPSA) is 65.1 Å². The first-order valence-corrected chi connectivity index (χ1v) is 8.18. The molecule has 0 unspecified atom stereocenters. The number of methoxy groups -OCH3 is 2. The van der Waals surface area contributed by atoms with Gasteiger partial charge in [0.05, 0.1) is 19.8 Å². The second kappa shape index (κ2) is 8.04. The van der Waals surface area contributed by atoms with Gasteiger partial charge in [-0.2, -0.15) is 0 Å². The summed E-state index contributed by atoms with van der Waals surface area (Å²) in [6.45, 7) is 4.08. The predicted octanol–water partition coefficient (Wildman–Crippen LogP) is 2.65. The Morgan fingerprint density at radius 3 is 2.38 bits per heavy atom. The summed E-state index contributed by atoms with van der Waals surface area (Å²) in [6.07, 6.45) is 3.19. The summed E-state index contributed by atoms with van der Waals surface area (Å²) in [5.41, 5.74) is 0.367. The van der Waals surface area contributed by atoms with Gasteiger partial charge < -0.3 is 19.1 Å². The fraction of sp³-hybridized carbons (Fsp3) is 0.556. The van der Waals surface area contributed by atoms with Crippen molar-refractivity contribution in [2.24, 2.45) is 0 Å². The second-order valence-corrected chi connectivity index (χ2v) is 6.08. The maximum atomic E-state index is 12.5. The molecule has 0 N–H and O–H groups in total. The molecule has 0 aromatic heterocycles. The molecule has 1 heterocycles. The van der Waals surface area contributed by atoms with E-state index in [1.807, 2.05) is 4.90 Å². The standard InChI is InChI=1S/C18H25NO5/c1-12-6-5-7-13(2)19(12)17(20)11-24-15-9-8-14(18(21)23-4)10-16(15)22-3/h8-10,12-13H,5-7,11H2,1-4H3/t12-,13-/m0/s1. The molecule has 1 saturated heterocycles. The molecule has 0 aliphatic carbocycles. The van der Waals surface area contributed by atoms with Crippen molar-refractivity contribution in [1.29, 1.82) is 0 Å². The van der Waals surface area contributed by atoms with E-state index in [0.717, 1.165) is 19.3 Å². The predicted molar refractivity (Wildman–Crippen MR) is 89.4 cm³/mol. The Balaban J connectivity index is 2.05. The summed E-state index contributed by atoms with van der Waals surface area (Å²) in [6, 6.07) is 5.20. The first-order valence-electron chi connectivity index (χ1n) is 8.18. The highest BCUT2D eigenvalue weighted by atomic mass is 16.5. The lowest BCUT2D eigenvalue weighted by Crippen LogP contribution is -2.49. The van der Waals surface area contributed by atoms with Gasteiger partial charge in [-0.15, -0.1) is 0 Å². The fourth-order valence-corrected chi connectivity index (χ4v) is 3.16. The van der Waals surface area contributed by atoms with Crippen LogP contribution < -0.4 is 9.47 Å². The minimum atomic E-state index is -0.452. The van der Waals surface area contributed by atoms with Crippen LogP contribution in [0.2, 0.25) is 0 Å². The number of benzene rings is 1. The quantitative estimate of drug-likeness (QED) is 0.774. The smallest absolute Gasteiger partial charge is 0.337 e. The van der Waals surface area contributed by atoms with Crippen LogP contribution in [-0.4, -0.2) is 49.7 Å². The Morgan fingerprint density at radius 2 is 1.79 bits per heavy atom. The number of carbonyl (C=O) groups is 2. The summed E-state index contributed by atoms with van der Waals surface area (Å²) >= 11 is 0. The van der Waals surface area contributed by atoms with Crippen LogP contribution in [0.15, 0.2) is 18.2 Å². The maximum absolute atomic E-state index is 12.5. The number of likely N-dealkylation sites (tertiary alicyclic amines) is 1. The highest BCUT2D eigenvalue weighted by Gasteiger charge is 2.29. The number of hydrogen-bond donors (Lipinski definition) is 0. The average molecular weight is 335 g/mol. The van der Waals surface area contributed by atoms with E-state index in [9.17, 15) is 9.59 Å². The molecule has 1 aromatic carbocycles. The summed E-state index contributed by atoms with van der Waals surface area (Å²) < 4.78 is 15.6. The van der Waals surface area contributed by atoms with E-state index < -0.39 is 5.97 Å². The molecule has 6 heteroatoms. The number of amides is 1. The molecule has 1 aliphatic rings. The van der Waals surface area contributed by atoms with Gasteiger partial charge in [-0.1, -0.05) is 0 Å². The molecule has 132 valence electrons. The molecular formula is C18H25NO5. The lowest BCUT2D eigenvalue weighted by atomic mass is 9.97. The van der Waals surface area contributed by atoms with Crippen molar-refractivity contribution in [2.75, 3.05) is 20.8 Å². The Labute approximate surface area is 142 Å². The lowest BCUT2D eigenvalue weighted by molar-refractivity contribution is -0.139. The van der Waals surface area contributed by atoms with Gasteiger partial charge in [0.1, 0.15) is 0 Å². The van der Waals surface area contributed by atoms with Crippen molar-refractivity contribution in [3.63, 3.8) is 0 Å². The summed E-state index contributed by atoms with van der Waals surface area (Å²) in [4.78, 5) is 26.0. The van der Waals surface area contributed by atoms with E-state index >= 15 is 0 Å². The van der Waals surface area contributed by atoms with Crippen LogP contribution in [0.1, 0.15) is 43.5 Å². The molecule has 2 atom stereocenters. The Kier molecular flexibility index (Phi) is 6.06. The van der Waals surface area contributed by atoms with Crippen LogP contribution in [0.25, 0.3) is 0 Å². The lowest BCUT2D eigenvalue weighted by Gasteiger charge is -2.39. The van der Waals surface area contributed by atoms with Crippen molar-refractivity contribution in [3.05, 3.63) is 23.8 Å². The SMILES string of the molecule is COC(=O)c1ccc(OCC(=O)N2[C@@H](C)CCC[C@@H]2C)c(OC)c1. The number of rotatable bonds is 5. The van der Waals surface area contributed by atoms with Crippen LogP contribution in [0, 0.1) is 0 Å². The van der Waals surface area contributed by atoms with Crippen LogP contribution in [-0.2, 0) is 9.53 Å². The van der Waals surface area contributed by atoms with Gasteiger partial charge in [0.15, 0.2) is 18.1 Å². The molecule has 0 saturated carbocycles. The normalized spacial score (nSPS) is 20.4. The van der Waals surface area contributed by atoms with E-state index in [1.54, 1.807) is 12.1 Å². The van der Waals surface area contributed by atoms with Gasteiger partial charge in [0, 0.05) is 12.1 Å². The number of esters is 1. The summed E-state index contributed by atoms with van der Waals surface area (Å²) in [7, 11) is 2.80. The number of carbonyl (C=O) groups excluding carboxylic acids is 2. The summed E-state index contributed by atoms with van der Waals surface area (Å²) in [5.74, 6) is 0.335.